The monoisotopic (exact) mass is 416 g/mol. The summed E-state index contributed by atoms with van der Waals surface area (Å²) in [5, 5.41) is 4.23. The Kier molecular flexibility index (Phi) is 6.06. The second-order valence-electron chi connectivity index (χ2n) is 7.75. The third kappa shape index (κ3) is 4.20. The summed E-state index contributed by atoms with van der Waals surface area (Å²) in [6, 6.07) is 5.28. The molecule has 0 amide bonds. The lowest BCUT2D eigenvalue weighted by atomic mass is 9.84. The van der Waals surface area contributed by atoms with E-state index in [9.17, 15) is 8.78 Å². The molecule has 0 aliphatic carbocycles. The number of piperidine rings is 1. The average molecular weight is 416 g/mol. The molecule has 4 heterocycles. The molecule has 7 nitrogen and oxygen atoms in total. The third-order valence-electron chi connectivity index (χ3n) is 5.67. The molecule has 1 aliphatic rings. The van der Waals surface area contributed by atoms with Crippen LogP contribution in [-0.4, -0.2) is 44.3 Å². The zero-order valence-corrected chi connectivity index (χ0v) is 17.2. The van der Waals surface area contributed by atoms with E-state index in [1.54, 1.807) is 10.7 Å². The van der Waals surface area contributed by atoms with Crippen LogP contribution in [0, 0.1) is 5.92 Å². The lowest BCUT2D eigenvalue weighted by Gasteiger charge is -2.38. The molecule has 1 aliphatic heterocycles. The second kappa shape index (κ2) is 8.89. The number of alkyl halides is 2. The zero-order valence-electron chi connectivity index (χ0n) is 17.2. The lowest BCUT2D eigenvalue weighted by molar-refractivity contribution is 0.146. The smallest absolute Gasteiger partial charge is 0.280 e. The predicted octanol–water partition coefficient (Wildman–Crippen LogP) is 4.27. The first-order valence-corrected chi connectivity index (χ1v) is 10.4. The van der Waals surface area contributed by atoms with E-state index in [1.165, 1.54) is 12.4 Å². The number of hydrogen-bond donors (Lipinski definition) is 0. The number of fused-ring (bicyclic) bond motifs is 1. The van der Waals surface area contributed by atoms with Gasteiger partial charge in [-0.05, 0) is 30.9 Å². The van der Waals surface area contributed by atoms with Crippen LogP contribution < -0.4 is 9.64 Å². The van der Waals surface area contributed by atoms with Gasteiger partial charge in [0.05, 0.1) is 12.3 Å². The second-order valence-corrected chi connectivity index (χ2v) is 7.75. The van der Waals surface area contributed by atoms with E-state index in [1.807, 2.05) is 12.1 Å². The number of pyridine rings is 1. The molecule has 0 bridgehead atoms. The Balaban J connectivity index is 1.61. The fourth-order valence-electron chi connectivity index (χ4n) is 3.89. The Morgan fingerprint density at radius 3 is 2.93 bits per heavy atom. The van der Waals surface area contributed by atoms with E-state index in [0.717, 1.165) is 37.4 Å². The number of ether oxygens (including phenoxy) is 1. The Hall–Kier alpha value is -2.84. The zero-order chi connectivity index (χ0) is 21.1. The van der Waals surface area contributed by atoms with Crippen LogP contribution in [0.5, 0.6) is 5.75 Å². The van der Waals surface area contributed by atoms with E-state index in [4.69, 9.17) is 4.74 Å². The van der Waals surface area contributed by atoms with Crippen molar-refractivity contribution in [2.24, 2.45) is 5.92 Å². The van der Waals surface area contributed by atoms with Crippen LogP contribution in [-0.2, 0) is 0 Å². The molecular weight excluding hydrogens is 390 g/mol. The van der Waals surface area contributed by atoms with E-state index in [2.05, 4.69) is 38.8 Å². The molecule has 3 aromatic rings. The Labute approximate surface area is 174 Å². The maximum absolute atomic E-state index is 13.4. The van der Waals surface area contributed by atoms with E-state index in [-0.39, 0.29) is 17.4 Å². The SMILES string of the molecule is CCCCOc1ccnc(N2CC[C@@H](C)C(c3cc(C(F)F)nc4ncnn34)C2)c1. The molecule has 1 saturated heterocycles. The van der Waals surface area contributed by atoms with Crippen LogP contribution in [0.2, 0.25) is 0 Å². The minimum atomic E-state index is -2.65. The Morgan fingerprint density at radius 1 is 1.27 bits per heavy atom. The van der Waals surface area contributed by atoms with E-state index < -0.39 is 6.43 Å². The molecule has 1 unspecified atom stereocenters. The normalized spacial score (nSPS) is 19.6. The molecule has 2 atom stereocenters. The molecule has 160 valence electrons. The number of rotatable bonds is 7. The van der Waals surface area contributed by atoms with Gasteiger partial charge in [0.15, 0.2) is 0 Å². The molecule has 0 radical (unpaired) electrons. The molecule has 0 saturated carbocycles. The van der Waals surface area contributed by atoms with Crippen molar-refractivity contribution < 1.29 is 13.5 Å². The largest absolute Gasteiger partial charge is 0.493 e. The van der Waals surface area contributed by atoms with Crippen molar-refractivity contribution in [3.05, 3.63) is 42.1 Å². The van der Waals surface area contributed by atoms with Crippen LogP contribution in [0.1, 0.15) is 56.8 Å². The molecule has 0 spiro atoms. The van der Waals surface area contributed by atoms with Crippen LogP contribution in [0.4, 0.5) is 14.6 Å². The summed E-state index contributed by atoms with van der Waals surface area (Å²) in [5.74, 6) is 2.13. The highest BCUT2D eigenvalue weighted by Crippen LogP contribution is 2.35. The van der Waals surface area contributed by atoms with Crippen LogP contribution in [0.15, 0.2) is 30.7 Å². The van der Waals surface area contributed by atoms with Gasteiger partial charge in [0.1, 0.15) is 23.6 Å². The number of nitrogens with zero attached hydrogens (tertiary/aromatic N) is 6. The van der Waals surface area contributed by atoms with Gasteiger partial charge in [0.25, 0.3) is 12.2 Å². The van der Waals surface area contributed by atoms with Crippen molar-refractivity contribution >= 4 is 11.6 Å². The number of halogens is 2. The Bertz CT molecular complexity index is 995. The molecule has 0 N–H and O–H groups in total. The summed E-state index contributed by atoms with van der Waals surface area (Å²) in [4.78, 5) is 14.7. The predicted molar refractivity (Wildman–Crippen MR) is 109 cm³/mol. The van der Waals surface area contributed by atoms with Crippen molar-refractivity contribution in [3.63, 3.8) is 0 Å². The summed E-state index contributed by atoms with van der Waals surface area (Å²) >= 11 is 0. The molecule has 4 rings (SSSR count). The van der Waals surface area contributed by atoms with Gasteiger partial charge >= 0.3 is 0 Å². The Morgan fingerprint density at radius 2 is 2.13 bits per heavy atom. The van der Waals surface area contributed by atoms with Crippen LogP contribution >= 0.6 is 0 Å². The van der Waals surface area contributed by atoms with Crippen molar-refractivity contribution in [2.75, 3.05) is 24.6 Å². The number of unbranched alkanes of at least 4 members (excludes halogenated alkanes) is 1. The first kappa shape index (κ1) is 20.4. The first-order chi connectivity index (χ1) is 14.6. The molecule has 0 aromatic carbocycles. The van der Waals surface area contributed by atoms with Gasteiger partial charge in [0.2, 0.25) is 0 Å². The van der Waals surface area contributed by atoms with E-state index >= 15 is 0 Å². The third-order valence-corrected chi connectivity index (χ3v) is 5.67. The van der Waals surface area contributed by atoms with Gasteiger partial charge in [-0.3, -0.25) is 0 Å². The topological polar surface area (TPSA) is 68.4 Å². The minimum absolute atomic E-state index is 0.00471. The van der Waals surface area contributed by atoms with Gasteiger partial charge in [-0.25, -0.2) is 23.3 Å². The summed E-state index contributed by atoms with van der Waals surface area (Å²) < 4.78 is 34.2. The van der Waals surface area contributed by atoms with Crippen LogP contribution in [0.25, 0.3) is 5.78 Å². The maximum atomic E-state index is 13.4. The van der Waals surface area contributed by atoms with Crippen LogP contribution in [0.3, 0.4) is 0 Å². The minimum Gasteiger partial charge on any atom is -0.493 e. The van der Waals surface area contributed by atoms with Gasteiger partial charge in [0, 0.05) is 31.3 Å². The summed E-state index contributed by atoms with van der Waals surface area (Å²) in [6.07, 6.45) is 3.44. The van der Waals surface area contributed by atoms with Gasteiger partial charge in [-0.1, -0.05) is 20.3 Å². The number of hydrogen-bond acceptors (Lipinski definition) is 6. The summed E-state index contributed by atoms with van der Waals surface area (Å²) in [7, 11) is 0. The molecule has 1 fully saturated rings. The number of anilines is 1. The van der Waals surface area contributed by atoms with Gasteiger partial charge in [-0.15, -0.1) is 0 Å². The first-order valence-electron chi connectivity index (χ1n) is 10.4. The van der Waals surface area contributed by atoms with Gasteiger partial charge < -0.3 is 9.64 Å². The van der Waals surface area contributed by atoms with Crippen molar-refractivity contribution in [1.29, 1.82) is 0 Å². The van der Waals surface area contributed by atoms with Crippen molar-refractivity contribution in [3.8, 4) is 5.75 Å². The van der Waals surface area contributed by atoms with Gasteiger partial charge in [-0.2, -0.15) is 10.1 Å². The van der Waals surface area contributed by atoms with E-state index in [0.29, 0.717) is 24.8 Å². The molecule has 30 heavy (non-hydrogen) atoms. The van der Waals surface area contributed by atoms with Crippen molar-refractivity contribution in [2.45, 2.75) is 45.5 Å². The lowest BCUT2D eigenvalue weighted by Crippen LogP contribution is -2.39. The highest BCUT2D eigenvalue weighted by molar-refractivity contribution is 5.45. The number of aromatic nitrogens is 5. The quantitative estimate of drug-likeness (QED) is 0.536. The summed E-state index contributed by atoms with van der Waals surface area (Å²) in [6.45, 7) is 6.44. The fraction of sp³-hybridized carbons (Fsp3) is 0.524. The standard InChI is InChI=1S/C21H26F2N6O/c1-3-4-9-30-15-5-7-24-19(10-15)28-8-6-14(2)16(12-28)18-11-17(20(22)23)27-21-25-13-26-29(18)21/h5,7,10-11,13-14,16,20H,3-4,6,8-9,12H2,1-2H3/t14-,16?/m1/s1. The highest BCUT2D eigenvalue weighted by atomic mass is 19.3. The fourth-order valence-corrected chi connectivity index (χ4v) is 3.89. The average Bonchev–Trinajstić information content (AvgIpc) is 3.23. The molecule has 3 aromatic heterocycles. The maximum Gasteiger partial charge on any atom is 0.280 e. The van der Waals surface area contributed by atoms with Crippen molar-refractivity contribution in [1.82, 2.24) is 24.6 Å². The highest BCUT2D eigenvalue weighted by Gasteiger charge is 2.31. The summed E-state index contributed by atoms with van der Waals surface area (Å²) in [5.41, 5.74) is 0.444. The molecule has 9 heteroatoms. The molecular formula is C21H26F2N6O.